The Morgan fingerprint density at radius 3 is 2.37 bits per heavy atom. The lowest BCUT2D eigenvalue weighted by Gasteiger charge is -2.07. The van der Waals surface area contributed by atoms with E-state index in [0.717, 1.165) is 0 Å². The lowest BCUT2D eigenvalue weighted by Crippen LogP contribution is -2.05. The van der Waals surface area contributed by atoms with Gasteiger partial charge in [0.05, 0.1) is 12.7 Å². The second-order valence-electron chi connectivity index (χ2n) is 3.81. The lowest BCUT2D eigenvalue weighted by molar-refractivity contribution is 0.103. The van der Waals surface area contributed by atoms with E-state index in [4.69, 9.17) is 27.9 Å². The molecule has 2 rings (SSSR count). The van der Waals surface area contributed by atoms with E-state index in [9.17, 15) is 9.18 Å². The lowest BCUT2D eigenvalue weighted by atomic mass is 10.0. The van der Waals surface area contributed by atoms with E-state index >= 15 is 0 Å². The zero-order valence-electron chi connectivity index (χ0n) is 9.91. The van der Waals surface area contributed by atoms with Crippen LogP contribution >= 0.6 is 23.2 Å². The summed E-state index contributed by atoms with van der Waals surface area (Å²) in [6.45, 7) is 0. The molecule has 5 heteroatoms. The topological polar surface area (TPSA) is 26.3 Å². The van der Waals surface area contributed by atoms with E-state index in [1.807, 2.05) is 0 Å². The SMILES string of the molecule is COc1cccc(C(=O)c2cc(Cl)cc(Cl)c2)c1F. The van der Waals surface area contributed by atoms with Crippen molar-refractivity contribution in [3.63, 3.8) is 0 Å². The van der Waals surface area contributed by atoms with Crippen LogP contribution in [-0.2, 0) is 0 Å². The number of carbonyl (C=O) groups is 1. The molecule has 2 nitrogen and oxygen atoms in total. The Balaban J connectivity index is 2.50. The molecule has 0 radical (unpaired) electrons. The highest BCUT2D eigenvalue weighted by atomic mass is 35.5. The third-order valence-electron chi connectivity index (χ3n) is 2.55. The maximum absolute atomic E-state index is 14.0. The van der Waals surface area contributed by atoms with Gasteiger partial charge in [-0.1, -0.05) is 29.3 Å². The largest absolute Gasteiger partial charge is 0.494 e. The van der Waals surface area contributed by atoms with Crippen molar-refractivity contribution in [2.75, 3.05) is 7.11 Å². The summed E-state index contributed by atoms with van der Waals surface area (Å²) in [6.07, 6.45) is 0. The van der Waals surface area contributed by atoms with Crippen molar-refractivity contribution >= 4 is 29.0 Å². The number of hydrogen-bond donors (Lipinski definition) is 0. The highest BCUT2D eigenvalue weighted by Gasteiger charge is 2.17. The highest BCUT2D eigenvalue weighted by molar-refractivity contribution is 6.35. The summed E-state index contributed by atoms with van der Waals surface area (Å²) < 4.78 is 18.8. The predicted molar refractivity (Wildman–Crippen MR) is 72.8 cm³/mol. The van der Waals surface area contributed by atoms with Gasteiger partial charge in [0.15, 0.2) is 17.3 Å². The Labute approximate surface area is 119 Å². The molecule has 0 unspecified atom stereocenters. The molecule has 0 bridgehead atoms. The molecule has 0 atom stereocenters. The minimum absolute atomic E-state index is 0.0129. The van der Waals surface area contributed by atoms with E-state index in [0.29, 0.717) is 10.0 Å². The van der Waals surface area contributed by atoms with Crippen LogP contribution in [0.4, 0.5) is 4.39 Å². The van der Waals surface area contributed by atoms with Gasteiger partial charge in [0.2, 0.25) is 0 Å². The molecule has 0 aliphatic rings. The minimum atomic E-state index is -0.703. The number of ketones is 1. The van der Waals surface area contributed by atoms with Gasteiger partial charge in [-0.05, 0) is 30.3 Å². The van der Waals surface area contributed by atoms with Crippen molar-refractivity contribution in [1.82, 2.24) is 0 Å². The third-order valence-corrected chi connectivity index (χ3v) is 2.99. The zero-order valence-corrected chi connectivity index (χ0v) is 11.4. The standard InChI is InChI=1S/C14H9Cl2FO2/c1-19-12-4-2-3-11(13(12)17)14(18)8-5-9(15)7-10(16)6-8/h2-7H,1H3. The molecule has 0 heterocycles. The van der Waals surface area contributed by atoms with Crippen LogP contribution in [0.1, 0.15) is 15.9 Å². The molecule has 2 aromatic rings. The molecule has 0 fully saturated rings. The Morgan fingerprint density at radius 2 is 1.79 bits per heavy atom. The van der Waals surface area contributed by atoms with Crippen LogP contribution in [0.5, 0.6) is 5.75 Å². The number of rotatable bonds is 3. The van der Waals surface area contributed by atoms with E-state index in [1.165, 1.54) is 37.4 Å². The van der Waals surface area contributed by atoms with Gasteiger partial charge < -0.3 is 4.74 Å². The smallest absolute Gasteiger partial charge is 0.196 e. The van der Waals surface area contributed by atoms with Gasteiger partial charge in [-0.2, -0.15) is 0 Å². The van der Waals surface area contributed by atoms with Crippen molar-refractivity contribution in [3.05, 3.63) is 63.4 Å². The van der Waals surface area contributed by atoms with E-state index < -0.39 is 11.6 Å². The van der Waals surface area contributed by atoms with E-state index in [2.05, 4.69) is 0 Å². The van der Waals surface area contributed by atoms with Crippen molar-refractivity contribution in [3.8, 4) is 5.75 Å². The van der Waals surface area contributed by atoms with Crippen LogP contribution < -0.4 is 4.74 Å². The fraction of sp³-hybridized carbons (Fsp3) is 0.0714. The summed E-state index contributed by atoms with van der Waals surface area (Å²) in [5.41, 5.74) is 0.141. The van der Waals surface area contributed by atoms with Crippen LogP contribution in [0, 0.1) is 5.82 Å². The second-order valence-corrected chi connectivity index (χ2v) is 4.68. The number of hydrogen-bond acceptors (Lipinski definition) is 2. The van der Waals surface area contributed by atoms with Crippen LogP contribution in [0.2, 0.25) is 10.0 Å². The van der Waals surface area contributed by atoms with Gasteiger partial charge in [0.1, 0.15) is 0 Å². The van der Waals surface area contributed by atoms with Crippen LogP contribution in [0.3, 0.4) is 0 Å². The highest BCUT2D eigenvalue weighted by Crippen LogP contribution is 2.25. The average Bonchev–Trinajstić information content (AvgIpc) is 2.37. The Hall–Kier alpha value is -1.58. The monoisotopic (exact) mass is 298 g/mol. The van der Waals surface area contributed by atoms with Gasteiger partial charge in [0, 0.05) is 15.6 Å². The summed E-state index contributed by atoms with van der Waals surface area (Å²) in [6, 6.07) is 8.75. The molecule has 0 aliphatic heterocycles. The van der Waals surface area contributed by atoms with E-state index in [1.54, 1.807) is 6.07 Å². The molecule has 0 aliphatic carbocycles. The first kappa shape index (κ1) is 13.8. The quantitative estimate of drug-likeness (QED) is 0.787. The molecule has 2 aromatic carbocycles. The summed E-state index contributed by atoms with van der Waals surface area (Å²) >= 11 is 11.6. The second kappa shape index (κ2) is 5.59. The van der Waals surface area contributed by atoms with Gasteiger partial charge >= 0.3 is 0 Å². The molecule has 0 saturated carbocycles. The van der Waals surface area contributed by atoms with Crippen LogP contribution in [-0.4, -0.2) is 12.9 Å². The summed E-state index contributed by atoms with van der Waals surface area (Å²) in [4.78, 5) is 12.2. The van der Waals surface area contributed by atoms with Gasteiger partial charge in [0.25, 0.3) is 0 Å². The van der Waals surface area contributed by atoms with Crippen molar-refractivity contribution in [2.45, 2.75) is 0 Å². The molecule has 0 amide bonds. The molecular formula is C14H9Cl2FO2. The maximum atomic E-state index is 14.0. The van der Waals surface area contributed by atoms with Crippen LogP contribution in [0.15, 0.2) is 36.4 Å². The number of carbonyl (C=O) groups excluding carboxylic acids is 1. The number of ether oxygens (including phenoxy) is 1. The zero-order chi connectivity index (χ0) is 14.0. The molecular weight excluding hydrogens is 290 g/mol. The summed E-state index contributed by atoms with van der Waals surface area (Å²) in [5.74, 6) is -1.19. The third kappa shape index (κ3) is 2.88. The summed E-state index contributed by atoms with van der Waals surface area (Å²) in [5, 5.41) is 0.637. The fourth-order valence-corrected chi connectivity index (χ4v) is 2.21. The van der Waals surface area contributed by atoms with Gasteiger partial charge in [-0.3, -0.25) is 4.79 Å². The average molecular weight is 299 g/mol. The van der Waals surface area contributed by atoms with Crippen LogP contribution in [0.25, 0.3) is 0 Å². The number of benzene rings is 2. The normalized spacial score (nSPS) is 10.3. The van der Waals surface area contributed by atoms with Gasteiger partial charge in [-0.15, -0.1) is 0 Å². The first-order valence-electron chi connectivity index (χ1n) is 5.36. The first-order chi connectivity index (χ1) is 9.02. The van der Waals surface area contributed by atoms with Crippen molar-refractivity contribution in [1.29, 1.82) is 0 Å². The first-order valence-corrected chi connectivity index (χ1v) is 6.12. The molecule has 0 saturated heterocycles. The van der Waals surface area contributed by atoms with Crippen molar-refractivity contribution < 1.29 is 13.9 Å². The summed E-state index contributed by atoms with van der Waals surface area (Å²) in [7, 11) is 1.34. The molecule has 0 spiro atoms. The van der Waals surface area contributed by atoms with E-state index in [-0.39, 0.29) is 16.9 Å². The molecule has 98 valence electrons. The number of methoxy groups -OCH3 is 1. The van der Waals surface area contributed by atoms with Gasteiger partial charge in [-0.25, -0.2) is 4.39 Å². The Kier molecular flexibility index (Phi) is 4.08. The molecule has 0 N–H and O–H groups in total. The molecule has 0 aromatic heterocycles. The maximum Gasteiger partial charge on any atom is 0.196 e. The number of halogens is 3. The van der Waals surface area contributed by atoms with Crippen molar-refractivity contribution in [2.24, 2.45) is 0 Å². The Morgan fingerprint density at radius 1 is 1.16 bits per heavy atom. The molecule has 19 heavy (non-hydrogen) atoms. The minimum Gasteiger partial charge on any atom is -0.494 e. The fourth-order valence-electron chi connectivity index (χ4n) is 1.68. The predicted octanol–water partition coefficient (Wildman–Crippen LogP) is 4.37. The Bertz CT molecular complexity index is 621.